The molecule has 2 nitrogen and oxygen atoms in total. The first-order valence-electron chi connectivity index (χ1n) is 5.49. The fourth-order valence-electron chi connectivity index (χ4n) is 2.10. The van der Waals surface area contributed by atoms with E-state index < -0.39 is 0 Å². The largest absolute Gasteiger partial charge is 0.326 e. The van der Waals surface area contributed by atoms with Crippen molar-refractivity contribution in [2.45, 2.75) is 6.54 Å². The average Bonchev–Trinajstić information content (AvgIpc) is 2.86. The molecular weight excluding hydrogens is 228 g/mol. The topological polar surface area (TPSA) is 38.9 Å². The Labute approximate surface area is 104 Å². The molecule has 2 heterocycles. The standard InChI is InChI=1S/C14H12N2S/c15-8-14-13(5-7-17-14)12-3-1-2-10-9-16-6-4-11(10)12/h1-7,9H,8,15H2. The molecule has 0 bridgehead atoms. The van der Waals surface area contributed by atoms with Crippen LogP contribution in [0.15, 0.2) is 48.1 Å². The first-order chi connectivity index (χ1) is 8.40. The Balaban J connectivity index is 2.31. The summed E-state index contributed by atoms with van der Waals surface area (Å²) in [5.41, 5.74) is 8.26. The zero-order chi connectivity index (χ0) is 11.7. The lowest BCUT2D eigenvalue weighted by molar-refractivity contribution is 1.11. The molecule has 2 aromatic heterocycles. The number of nitrogens with two attached hydrogens (primary N) is 1. The van der Waals surface area contributed by atoms with Crippen molar-refractivity contribution in [2.24, 2.45) is 5.73 Å². The van der Waals surface area contributed by atoms with Gasteiger partial charge in [0.1, 0.15) is 0 Å². The van der Waals surface area contributed by atoms with E-state index in [4.69, 9.17) is 5.73 Å². The lowest BCUT2D eigenvalue weighted by atomic mass is 10.00. The van der Waals surface area contributed by atoms with Gasteiger partial charge in [0.05, 0.1) is 0 Å². The molecule has 0 saturated heterocycles. The van der Waals surface area contributed by atoms with Crippen LogP contribution < -0.4 is 5.73 Å². The van der Waals surface area contributed by atoms with Crippen molar-refractivity contribution in [3.05, 3.63) is 53.0 Å². The number of fused-ring (bicyclic) bond motifs is 1. The third-order valence-corrected chi connectivity index (χ3v) is 3.84. The van der Waals surface area contributed by atoms with E-state index in [1.165, 1.54) is 26.8 Å². The molecule has 84 valence electrons. The molecule has 17 heavy (non-hydrogen) atoms. The van der Waals surface area contributed by atoms with Gasteiger partial charge in [0.15, 0.2) is 0 Å². The first kappa shape index (κ1) is 10.4. The SMILES string of the molecule is NCc1sccc1-c1cccc2cnccc12. The summed E-state index contributed by atoms with van der Waals surface area (Å²) in [4.78, 5) is 5.39. The van der Waals surface area contributed by atoms with Crippen LogP contribution in [-0.4, -0.2) is 4.98 Å². The molecule has 0 atom stereocenters. The summed E-state index contributed by atoms with van der Waals surface area (Å²) in [7, 11) is 0. The number of rotatable bonds is 2. The Hall–Kier alpha value is -1.71. The van der Waals surface area contributed by atoms with Gasteiger partial charge in [0, 0.05) is 29.2 Å². The summed E-state index contributed by atoms with van der Waals surface area (Å²) in [5.74, 6) is 0. The van der Waals surface area contributed by atoms with Crippen LogP contribution in [0, 0.1) is 0 Å². The number of nitrogens with zero attached hydrogens (tertiary/aromatic N) is 1. The van der Waals surface area contributed by atoms with Crippen molar-refractivity contribution in [1.29, 1.82) is 0 Å². The van der Waals surface area contributed by atoms with E-state index in [2.05, 4.69) is 40.7 Å². The fourth-order valence-corrected chi connectivity index (χ4v) is 2.87. The summed E-state index contributed by atoms with van der Waals surface area (Å²) in [6.45, 7) is 0.592. The van der Waals surface area contributed by atoms with E-state index in [9.17, 15) is 0 Å². The summed E-state index contributed by atoms with van der Waals surface area (Å²) in [5, 5.41) is 4.49. The molecule has 0 radical (unpaired) electrons. The molecule has 0 aliphatic carbocycles. The highest BCUT2D eigenvalue weighted by Crippen LogP contribution is 2.33. The number of aromatic nitrogens is 1. The van der Waals surface area contributed by atoms with Crippen molar-refractivity contribution in [2.75, 3.05) is 0 Å². The molecule has 0 amide bonds. The van der Waals surface area contributed by atoms with Gasteiger partial charge >= 0.3 is 0 Å². The van der Waals surface area contributed by atoms with E-state index in [0.29, 0.717) is 6.54 Å². The average molecular weight is 240 g/mol. The summed E-state index contributed by atoms with van der Waals surface area (Å²) in [6, 6.07) is 10.5. The van der Waals surface area contributed by atoms with Gasteiger partial charge in [0.2, 0.25) is 0 Å². The maximum absolute atomic E-state index is 5.77. The van der Waals surface area contributed by atoms with E-state index in [1.807, 2.05) is 12.4 Å². The highest BCUT2D eigenvalue weighted by Gasteiger charge is 2.08. The fraction of sp³-hybridized carbons (Fsp3) is 0.0714. The first-order valence-corrected chi connectivity index (χ1v) is 6.37. The zero-order valence-corrected chi connectivity index (χ0v) is 10.1. The molecule has 0 aliphatic heterocycles. The second-order valence-corrected chi connectivity index (χ2v) is 4.86. The van der Waals surface area contributed by atoms with Crippen LogP contribution >= 0.6 is 11.3 Å². The second-order valence-electron chi connectivity index (χ2n) is 3.86. The molecule has 3 rings (SSSR count). The molecule has 0 saturated carbocycles. The van der Waals surface area contributed by atoms with Gasteiger partial charge in [0.25, 0.3) is 0 Å². The van der Waals surface area contributed by atoms with Gasteiger partial charge in [-0.3, -0.25) is 4.98 Å². The molecule has 0 aliphatic rings. The van der Waals surface area contributed by atoms with E-state index >= 15 is 0 Å². The minimum atomic E-state index is 0.592. The van der Waals surface area contributed by atoms with Gasteiger partial charge in [-0.25, -0.2) is 0 Å². The van der Waals surface area contributed by atoms with Crippen LogP contribution in [-0.2, 0) is 6.54 Å². The van der Waals surface area contributed by atoms with Gasteiger partial charge in [-0.1, -0.05) is 18.2 Å². The van der Waals surface area contributed by atoms with Gasteiger partial charge in [-0.15, -0.1) is 11.3 Å². The molecule has 3 aromatic rings. The highest BCUT2D eigenvalue weighted by molar-refractivity contribution is 7.10. The highest BCUT2D eigenvalue weighted by atomic mass is 32.1. The van der Waals surface area contributed by atoms with Crippen molar-refractivity contribution < 1.29 is 0 Å². The number of hydrogen-bond donors (Lipinski definition) is 1. The second kappa shape index (κ2) is 4.28. The van der Waals surface area contributed by atoms with Crippen LogP contribution in [0.5, 0.6) is 0 Å². The molecular formula is C14H12N2S. The van der Waals surface area contributed by atoms with E-state index in [-0.39, 0.29) is 0 Å². The van der Waals surface area contributed by atoms with Crippen LogP contribution in [0.3, 0.4) is 0 Å². The predicted molar refractivity (Wildman–Crippen MR) is 72.9 cm³/mol. The van der Waals surface area contributed by atoms with Gasteiger partial charge in [-0.05, 0) is 34.0 Å². The summed E-state index contributed by atoms with van der Waals surface area (Å²) < 4.78 is 0. The molecule has 0 fully saturated rings. The molecule has 1 aromatic carbocycles. The van der Waals surface area contributed by atoms with Crippen molar-refractivity contribution in [1.82, 2.24) is 4.98 Å². The Morgan fingerprint density at radius 2 is 2.06 bits per heavy atom. The van der Waals surface area contributed by atoms with Crippen molar-refractivity contribution in [3.63, 3.8) is 0 Å². The third-order valence-electron chi connectivity index (χ3n) is 2.90. The zero-order valence-electron chi connectivity index (χ0n) is 9.26. The van der Waals surface area contributed by atoms with Crippen LogP contribution in [0.1, 0.15) is 4.88 Å². The Bertz CT molecular complexity index is 653. The third kappa shape index (κ3) is 1.73. The maximum atomic E-state index is 5.77. The van der Waals surface area contributed by atoms with Crippen molar-refractivity contribution in [3.8, 4) is 11.1 Å². The predicted octanol–water partition coefficient (Wildman–Crippen LogP) is 3.42. The lowest BCUT2D eigenvalue weighted by Gasteiger charge is -2.06. The summed E-state index contributed by atoms with van der Waals surface area (Å²) in [6.07, 6.45) is 3.73. The number of pyridine rings is 1. The number of thiophene rings is 1. The summed E-state index contributed by atoms with van der Waals surface area (Å²) >= 11 is 1.71. The minimum absolute atomic E-state index is 0.592. The van der Waals surface area contributed by atoms with Crippen molar-refractivity contribution >= 4 is 22.1 Å². The quantitative estimate of drug-likeness (QED) is 0.745. The van der Waals surface area contributed by atoms with E-state index in [1.54, 1.807) is 11.3 Å². The Morgan fingerprint density at radius 1 is 1.12 bits per heavy atom. The normalized spacial score (nSPS) is 10.9. The Morgan fingerprint density at radius 3 is 2.94 bits per heavy atom. The van der Waals surface area contributed by atoms with Gasteiger partial charge in [-0.2, -0.15) is 0 Å². The Kier molecular flexibility index (Phi) is 2.63. The van der Waals surface area contributed by atoms with Gasteiger partial charge < -0.3 is 5.73 Å². The maximum Gasteiger partial charge on any atom is 0.0346 e. The minimum Gasteiger partial charge on any atom is -0.326 e. The van der Waals surface area contributed by atoms with Crippen LogP contribution in [0.25, 0.3) is 21.9 Å². The molecule has 0 spiro atoms. The molecule has 3 heteroatoms. The molecule has 0 unspecified atom stereocenters. The van der Waals surface area contributed by atoms with E-state index in [0.717, 1.165) is 0 Å². The van der Waals surface area contributed by atoms with Crippen LogP contribution in [0.4, 0.5) is 0 Å². The van der Waals surface area contributed by atoms with Crippen LogP contribution in [0.2, 0.25) is 0 Å². The molecule has 2 N–H and O–H groups in total. The lowest BCUT2D eigenvalue weighted by Crippen LogP contribution is -1.95. The monoisotopic (exact) mass is 240 g/mol. The smallest absolute Gasteiger partial charge is 0.0346 e. The number of benzene rings is 1. The number of hydrogen-bond acceptors (Lipinski definition) is 3.